The summed E-state index contributed by atoms with van der Waals surface area (Å²) >= 11 is 0. The smallest absolute Gasteiger partial charge is 0.404 e. The van der Waals surface area contributed by atoms with Gasteiger partial charge in [0.1, 0.15) is 0 Å². The van der Waals surface area contributed by atoms with Gasteiger partial charge < -0.3 is 9.05 Å². The SMILES string of the molecule is C=COP(=O)(OC=C)OCCCCC. The summed E-state index contributed by atoms with van der Waals surface area (Å²) in [7, 11) is -3.50. The van der Waals surface area contributed by atoms with E-state index in [4.69, 9.17) is 4.52 Å². The van der Waals surface area contributed by atoms with Crippen LogP contribution in [0.1, 0.15) is 26.2 Å². The van der Waals surface area contributed by atoms with E-state index >= 15 is 0 Å². The van der Waals surface area contributed by atoms with Crippen molar-refractivity contribution in [3.63, 3.8) is 0 Å². The molecule has 0 rings (SSSR count). The fourth-order valence-corrected chi connectivity index (χ4v) is 1.69. The first-order valence-electron chi connectivity index (χ1n) is 4.51. The predicted octanol–water partition coefficient (Wildman–Crippen LogP) is 3.62. The Labute approximate surface area is 85.2 Å². The van der Waals surface area contributed by atoms with Crippen molar-refractivity contribution in [1.29, 1.82) is 0 Å². The zero-order valence-electron chi connectivity index (χ0n) is 8.48. The van der Waals surface area contributed by atoms with Crippen LogP contribution in [0.25, 0.3) is 0 Å². The molecule has 0 amide bonds. The van der Waals surface area contributed by atoms with Gasteiger partial charge >= 0.3 is 7.82 Å². The highest BCUT2D eigenvalue weighted by atomic mass is 31.2. The first-order chi connectivity index (χ1) is 6.68. The van der Waals surface area contributed by atoms with Crippen molar-refractivity contribution in [3.8, 4) is 0 Å². The summed E-state index contributed by atoms with van der Waals surface area (Å²) in [6.45, 7) is 8.98. The van der Waals surface area contributed by atoms with Crippen LogP contribution >= 0.6 is 7.82 Å². The maximum atomic E-state index is 11.6. The second-order valence-corrected chi connectivity index (χ2v) is 4.11. The van der Waals surface area contributed by atoms with Crippen molar-refractivity contribution in [1.82, 2.24) is 0 Å². The molecule has 5 heteroatoms. The van der Waals surface area contributed by atoms with Crippen LogP contribution in [-0.4, -0.2) is 6.61 Å². The van der Waals surface area contributed by atoms with Gasteiger partial charge in [-0.25, -0.2) is 4.57 Å². The molecule has 0 aromatic rings. The van der Waals surface area contributed by atoms with Gasteiger partial charge in [-0.2, -0.15) is 0 Å². The molecule has 0 N–H and O–H groups in total. The van der Waals surface area contributed by atoms with E-state index in [1.165, 1.54) is 0 Å². The molecule has 0 aromatic carbocycles. The van der Waals surface area contributed by atoms with Gasteiger partial charge in [-0.15, -0.1) is 0 Å². The van der Waals surface area contributed by atoms with Crippen LogP contribution in [0.2, 0.25) is 0 Å². The molecule has 0 spiro atoms. The summed E-state index contributed by atoms with van der Waals surface area (Å²) in [4.78, 5) is 0. The van der Waals surface area contributed by atoms with E-state index in [2.05, 4.69) is 29.1 Å². The first-order valence-corrected chi connectivity index (χ1v) is 5.97. The van der Waals surface area contributed by atoms with E-state index in [0.29, 0.717) is 6.61 Å². The average molecular weight is 220 g/mol. The highest BCUT2D eigenvalue weighted by Crippen LogP contribution is 2.49. The molecule has 0 aliphatic rings. The third kappa shape index (κ3) is 5.84. The highest BCUT2D eigenvalue weighted by molar-refractivity contribution is 7.48. The van der Waals surface area contributed by atoms with Crippen LogP contribution in [0.5, 0.6) is 0 Å². The maximum absolute atomic E-state index is 11.6. The number of hydrogen-bond acceptors (Lipinski definition) is 4. The van der Waals surface area contributed by atoms with Gasteiger partial charge in [0.15, 0.2) is 0 Å². The topological polar surface area (TPSA) is 44.8 Å². The molecule has 0 heterocycles. The third-order valence-electron chi connectivity index (χ3n) is 1.40. The van der Waals surface area contributed by atoms with Crippen molar-refractivity contribution in [2.45, 2.75) is 26.2 Å². The predicted molar refractivity (Wildman–Crippen MR) is 55.6 cm³/mol. The van der Waals surface area contributed by atoms with E-state index in [0.717, 1.165) is 31.8 Å². The van der Waals surface area contributed by atoms with Crippen molar-refractivity contribution >= 4 is 7.82 Å². The number of unbranched alkanes of at least 4 members (excludes halogenated alkanes) is 2. The Morgan fingerprint density at radius 2 is 1.79 bits per heavy atom. The molecular weight excluding hydrogens is 203 g/mol. The Morgan fingerprint density at radius 1 is 1.21 bits per heavy atom. The normalized spacial score (nSPS) is 10.6. The van der Waals surface area contributed by atoms with Gasteiger partial charge in [-0.3, -0.25) is 4.52 Å². The van der Waals surface area contributed by atoms with Crippen molar-refractivity contribution in [2.24, 2.45) is 0 Å². The number of rotatable bonds is 9. The zero-order chi connectivity index (χ0) is 10.9. The number of phosphoric ester groups is 1. The van der Waals surface area contributed by atoms with Gasteiger partial charge in [0, 0.05) is 0 Å². The highest BCUT2D eigenvalue weighted by Gasteiger charge is 2.26. The van der Waals surface area contributed by atoms with Gasteiger partial charge in [0.25, 0.3) is 0 Å². The Kier molecular flexibility index (Phi) is 7.25. The summed E-state index contributed by atoms with van der Waals surface area (Å²) in [5, 5.41) is 0. The fourth-order valence-electron chi connectivity index (χ4n) is 0.797. The van der Waals surface area contributed by atoms with Crippen molar-refractivity contribution in [2.75, 3.05) is 6.61 Å². The Balaban J connectivity index is 3.89. The van der Waals surface area contributed by atoms with E-state index in [1.54, 1.807) is 0 Å². The summed E-state index contributed by atoms with van der Waals surface area (Å²) < 4.78 is 25.9. The van der Waals surface area contributed by atoms with E-state index < -0.39 is 7.82 Å². The van der Waals surface area contributed by atoms with Crippen LogP contribution in [-0.2, 0) is 18.1 Å². The lowest BCUT2D eigenvalue weighted by Crippen LogP contribution is -1.95. The molecule has 0 aliphatic carbocycles. The molecule has 82 valence electrons. The van der Waals surface area contributed by atoms with Crippen molar-refractivity contribution in [3.05, 3.63) is 25.7 Å². The molecule has 0 unspecified atom stereocenters. The Morgan fingerprint density at radius 3 is 2.21 bits per heavy atom. The summed E-state index contributed by atoms with van der Waals surface area (Å²) in [5.74, 6) is 0. The maximum Gasteiger partial charge on any atom is 0.586 e. The Bertz CT molecular complexity index is 201. The molecule has 0 radical (unpaired) electrons. The van der Waals surface area contributed by atoms with Gasteiger partial charge in [0.2, 0.25) is 0 Å². The number of phosphoric acid groups is 1. The van der Waals surface area contributed by atoms with Crippen LogP contribution in [0, 0.1) is 0 Å². The second kappa shape index (κ2) is 7.65. The molecule has 0 bridgehead atoms. The minimum Gasteiger partial charge on any atom is -0.404 e. The Hall–Kier alpha value is -0.730. The lowest BCUT2D eigenvalue weighted by molar-refractivity contribution is 0.176. The molecule has 0 fully saturated rings. The standard InChI is InChI=1S/C9H17O4P/c1-4-7-8-9-13-14(10,11-5-2)12-6-3/h5-6H,2-4,7-9H2,1H3. The monoisotopic (exact) mass is 220 g/mol. The quantitative estimate of drug-likeness (QED) is 0.338. The molecular formula is C9H17O4P. The molecule has 0 atom stereocenters. The van der Waals surface area contributed by atoms with Crippen LogP contribution in [0.4, 0.5) is 0 Å². The second-order valence-electron chi connectivity index (χ2n) is 2.53. The summed E-state index contributed by atoms with van der Waals surface area (Å²) in [6, 6.07) is 0. The van der Waals surface area contributed by atoms with Gasteiger partial charge in [0.05, 0.1) is 19.1 Å². The van der Waals surface area contributed by atoms with E-state index in [1.807, 2.05) is 0 Å². The van der Waals surface area contributed by atoms with Crippen LogP contribution in [0.15, 0.2) is 25.7 Å². The molecule has 0 saturated carbocycles. The molecule has 4 nitrogen and oxygen atoms in total. The molecule has 0 aromatic heterocycles. The van der Waals surface area contributed by atoms with Gasteiger partial charge in [-0.1, -0.05) is 32.9 Å². The van der Waals surface area contributed by atoms with E-state index in [-0.39, 0.29) is 0 Å². The molecule has 14 heavy (non-hydrogen) atoms. The zero-order valence-corrected chi connectivity index (χ0v) is 9.37. The van der Waals surface area contributed by atoms with Crippen LogP contribution < -0.4 is 0 Å². The molecule has 0 aliphatic heterocycles. The first kappa shape index (κ1) is 13.3. The van der Waals surface area contributed by atoms with Gasteiger partial charge in [-0.05, 0) is 6.42 Å². The third-order valence-corrected chi connectivity index (χ3v) is 2.72. The largest absolute Gasteiger partial charge is 0.586 e. The fraction of sp³-hybridized carbons (Fsp3) is 0.556. The number of hydrogen-bond donors (Lipinski definition) is 0. The summed E-state index contributed by atoms with van der Waals surface area (Å²) in [5.41, 5.74) is 0. The lowest BCUT2D eigenvalue weighted by atomic mass is 10.3. The lowest BCUT2D eigenvalue weighted by Gasteiger charge is -2.13. The van der Waals surface area contributed by atoms with Crippen molar-refractivity contribution < 1.29 is 18.1 Å². The summed E-state index contributed by atoms with van der Waals surface area (Å²) in [6.07, 6.45) is 4.97. The minimum absolute atomic E-state index is 0.340. The van der Waals surface area contributed by atoms with Crippen LogP contribution in [0.3, 0.4) is 0 Å². The molecule has 0 saturated heterocycles. The van der Waals surface area contributed by atoms with E-state index in [9.17, 15) is 4.57 Å². The minimum atomic E-state index is -3.50. The average Bonchev–Trinajstić information content (AvgIpc) is 2.13.